The molecule has 3 N–H and O–H groups in total. The normalized spacial score (nSPS) is 12.0. The standard InChI is InChI=1S/C11H15BrN2S/c1-3-4-5-14-10(7-13)11-6-9(12)8(2)15-11/h6,10,14H,5,7,13H2,1-2H3. The lowest BCUT2D eigenvalue weighted by Crippen LogP contribution is -2.27. The van der Waals surface area contributed by atoms with Crippen LogP contribution in [0.5, 0.6) is 0 Å². The minimum absolute atomic E-state index is 0.209. The van der Waals surface area contributed by atoms with E-state index in [1.165, 1.54) is 9.75 Å². The maximum Gasteiger partial charge on any atom is 0.0581 e. The van der Waals surface area contributed by atoms with Crippen molar-refractivity contribution in [3.05, 3.63) is 20.3 Å². The van der Waals surface area contributed by atoms with Gasteiger partial charge in [0.15, 0.2) is 0 Å². The predicted molar refractivity (Wildman–Crippen MR) is 70.0 cm³/mol. The molecule has 2 nitrogen and oxygen atoms in total. The van der Waals surface area contributed by atoms with Crippen LogP contribution >= 0.6 is 27.3 Å². The summed E-state index contributed by atoms with van der Waals surface area (Å²) in [4.78, 5) is 2.55. The summed E-state index contributed by atoms with van der Waals surface area (Å²) >= 11 is 5.28. The third kappa shape index (κ3) is 3.62. The van der Waals surface area contributed by atoms with Gasteiger partial charge in [-0.25, -0.2) is 0 Å². The van der Waals surface area contributed by atoms with E-state index >= 15 is 0 Å². The van der Waals surface area contributed by atoms with Crippen molar-refractivity contribution >= 4 is 27.3 Å². The molecule has 1 aromatic rings. The number of halogens is 1. The summed E-state index contributed by atoms with van der Waals surface area (Å²) in [6.07, 6.45) is 0. The van der Waals surface area contributed by atoms with Crippen molar-refractivity contribution in [3.8, 4) is 11.8 Å². The number of thiophene rings is 1. The second-order valence-electron chi connectivity index (χ2n) is 3.15. The van der Waals surface area contributed by atoms with E-state index in [-0.39, 0.29) is 6.04 Å². The average molecular weight is 287 g/mol. The van der Waals surface area contributed by atoms with E-state index in [4.69, 9.17) is 5.73 Å². The van der Waals surface area contributed by atoms with Gasteiger partial charge >= 0.3 is 0 Å². The first-order chi connectivity index (χ1) is 7.19. The van der Waals surface area contributed by atoms with E-state index in [0.717, 1.165) is 4.47 Å². The first-order valence-electron chi connectivity index (χ1n) is 4.78. The van der Waals surface area contributed by atoms with Crippen LogP contribution in [0.4, 0.5) is 0 Å². The maximum absolute atomic E-state index is 5.73. The minimum atomic E-state index is 0.209. The molecule has 0 saturated carbocycles. The number of aryl methyl sites for hydroxylation is 1. The van der Waals surface area contributed by atoms with Crippen molar-refractivity contribution in [2.24, 2.45) is 5.73 Å². The van der Waals surface area contributed by atoms with Crippen LogP contribution in [0.2, 0.25) is 0 Å². The molecule has 0 radical (unpaired) electrons. The zero-order valence-electron chi connectivity index (χ0n) is 8.93. The summed E-state index contributed by atoms with van der Waals surface area (Å²) in [6.45, 7) is 5.22. The Morgan fingerprint density at radius 3 is 2.87 bits per heavy atom. The zero-order valence-corrected chi connectivity index (χ0v) is 11.3. The van der Waals surface area contributed by atoms with Gasteiger partial charge in [-0.1, -0.05) is 5.92 Å². The Morgan fingerprint density at radius 1 is 1.67 bits per heavy atom. The van der Waals surface area contributed by atoms with Gasteiger partial charge < -0.3 is 5.73 Å². The van der Waals surface area contributed by atoms with Gasteiger partial charge in [-0.3, -0.25) is 5.32 Å². The van der Waals surface area contributed by atoms with Gasteiger partial charge in [0.25, 0.3) is 0 Å². The van der Waals surface area contributed by atoms with Crippen LogP contribution in [0.3, 0.4) is 0 Å². The smallest absolute Gasteiger partial charge is 0.0581 e. The average Bonchev–Trinajstić information content (AvgIpc) is 2.54. The minimum Gasteiger partial charge on any atom is -0.329 e. The quantitative estimate of drug-likeness (QED) is 0.835. The van der Waals surface area contributed by atoms with Crippen molar-refractivity contribution in [1.29, 1.82) is 0 Å². The highest BCUT2D eigenvalue weighted by molar-refractivity contribution is 9.10. The molecule has 1 rings (SSSR count). The summed E-state index contributed by atoms with van der Waals surface area (Å²) in [5, 5.41) is 3.32. The highest BCUT2D eigenvalue weighted by atomic mass is 79.9. The molecule has 0 aliphatic rings. The third-order valence-corrected chi connectivity index (χ3v) is 4.32. The fourth-order valence-corrected chi connectivity index (χ4v) is 2.87. The second-order valence-corrected chi connectivity index (χ2v) is 5.29. The van der Waals surface area contributed by atoms with Crippen molar-refractivity contribution in [2.45, 2.75) is 19.9 Å². The molecule has 4 heteroatoms. The summed E-state index contributed by atoms with van der Waals surface area (Å²) < 4.78 is 1.16. The summed E-state index contributed by atoms with van der Waals surface area (Å²) in [5.41, 5.74) is 5.73. The van der Waals surface area contributed by atoms with E-state index in [1.54, 1.807) is 11.3 Å². The van der Waals surface area contributed by atoms with E-state index in [2.05, 4.69) is 46.1 Å². The van der Waals surface area contributed by atoms with Crippen LogP contribution in [0.25, 0.3) is 0 Å². The van der Waals surface area contributed by atoms with E-state index < -0.39 is 0 Å². The largest absolute Gasteiger partial charge is 0.329 e. The van der Waals surface area contributed by atoms with Gasteiger partial charge in [-0.05, 0) is 35.8 Å². The number of hydrogen-bond donors (Lipinski definition) is 2. The molecule has 1 heterocycles. The van der Waals surface area contributed by atoms with Crippen LogP contribution in [-0.2, 0) is 0 Å². The van der Waals surface area contributed by atoms with Gasteiger partial charge in [0, 0.05) is 20.8 Å². The first kappa shape index (κ1) is 12.7. The van der Waals surface area contributed by atoms with Crippen LogP contribution < -0.4 is 11.1 Å². The molecule has 82 valence electrons. The summed E-state index contributed by atoms with van der Waals surface area (Å²) in [7, 11) is 0. The lowest BCUT2D eigenvalue weighted by molar-refractivity contribution is 0.591. The van der Waals surface area contributed by atoms with Crippen molar-refractivity contribution in [2.75, 3.05) is 13.1 Å². The van der Waals surface area contributed by atoms with E-state index in [0.29, 0.717) is 13.1 Å². The van der Waals surface area contributed by atoms with Crippen LogP contribution in [0, 0.1) is 18.8 Å². The third-order valence-electron chi connectivity index (χ3n) is 2.07. The molecule has 0 spiro atoms. The van der Waals surface area contributed by atoms with E-state index in [9.17, 15) is 0 Å². The molecule has 1 unspecified atom stereocenters. The van der Waals surface area contributed by atoms with Gasteiger partial charge in [-0.2, -0.15) is 0 Å². The van der Waals surface area contributed by atoms with Gasteiger partial charge in [-0.15, -0.1) is 17.3 Å². The molecule has 0 aliphatic carbocycles. The SMILES string of the molecule is CC#CCNC(CN)c1cc(Br)c(C)s1. The van der Waals surface area contributed by atoms with Crippen LogP contribution in [0.1, 0.15) is 22.7 Å². The van der Waals surface area contributed by atoms with Gasteiger partial charge in [0.2, 0.25) is 0 Å². The molecule has 1 atom stereocenters. The molecule has 1 aromatic heterocycles. The first-order valence-corrected chi connectivity index (χ1v) is 6.39. The molecule has 0 aromatic carbocycles. The summed E-state index contributed by atoms with van der Waals surface area (Å²) in [6, 6.07) is 2.34. The monoisotopic (exact) mass is 286 g/mol. The van der Waals surface area contributed by atoms with Crippen LogP contribution in [-0.4, -0.2) is 13.1 Å². The number of nitrogens with one attached hydrogen (secondary N) is 1. The fraction of sp³-hybridized carbons (Fsp3) is 0.455. The molecule has 0 bridgehead atoms. The summed E-state index contributed by atoms with van der Waals surface area (Å²) in [5.74, 6) is 5.84. The number of nitrogens with two attached hydrogens (primary N) is 1. The molecule has 0 fully saturated rings. The predicted octanol–water partition coefficient (Wildman–Crippen LogP) is 2.43. The van der Waals surface area contributed by atoms with Crippen molar-refractivity contribution < 1.29 is 0 Å². The Labute approximate surface area is 103 Å². The molecule has 0 saturated heterocycles. The molecular weight excluding hydrogens is 272 g/mol. The number of hydrogen-bond acceptors (Lipinski definition) is 3. The Morgan fingerprint density at radius 2 is 2.40 bits per heavy atom. The molecule has 0 aliphatic heterocycles. The van der Waals surface area contributed by atoms with Crippen LogP contribution in [0.15, 0.2) is 10.5 Å². The van der Waals surface area contributed by atoms with Crippen molar-refractivity contribution in [3.63, 3.8) is 0 Å². The number of rotatable bonds is 4. The molecular formula is C11H15BrN2S. The highest BCUT2D eigenvalue weighted by Gasteiger charge is 2.12. The Kier molecular flexibility index (Phi) is 5.34. The highest BCUT2D eigenvalue weighted by Crippen LogP contribution is 2.30. The Balaban J connectivity index is 2.68. The Hall–Kier alpha value is -0.340. The topological polar surface area (TPSA) is 38.0 Å². The zero-order chi connectivity index (χ0) is 11.3. The van der Waals surface area contributed by atoms with Crippen molar-refractivity contribution in [1.82, 2.24) is 5.32 Å². The van der Waals surface area contributed by atoms with Gasteiger partial charge in [0.1, 0.15) is 0 Å². The lowest BCUT2D eigenvalue weighted by atomic mass is 10.2. The fourth-order valence-electron chi connectivity index (χ4n) is 1.22. The van der Waals surface area contributed by atoms with E-state index in [1.807, 2.05) is 6.92 Å². The lowest BCUT2D eigenvalue weighted by Gasteiger charge is -2.12. The maximum atomic E-state index is 5.73. The Bertz CT molecular complexity index is 356. The second kappa shape index (κ2) is 6.29. The van der Waals surface area contributed by atoms with Gasteiger partial charge in [0.05, 0.1) is 12.6 Å². The molecule has 0 amide bonds. The molecule has 15 heavy (non-hydrogen) atoms.